The van der Waals surface area contributed by atoms with E-state index < -0.39 is 0 Å². The molecule has 2 rings (SSSR count). The quantitative estimate of drug-likeness (QED) is 0.829. The number of hydrogen-bond donors (Lipinski definition) is 2. The van der Waals surface area contributed by atoms with Gasteiger partial charge < -0.3 is 15.4 Å². The number of para-hydroxylation sites is 1. The minimum absolute atomic E-state index is 0.170. The highest BCUT2D eigenvalue weighted by molar-refractivity contribution is 7.80. The van der Waals surface area contributed by atoms with Crippen LogP contribution in [0.15, 0.2) is 54.6 Å². The largest absolute Gasteiger partial charge is 0.496 e. The lowest BCUT2D eigenvalue weighted by Gasteiger charge is -2.18. The Morgan fingerprint density at radius 2 is 1.76 bits per heavy atom. The van der Waals surface area contributed by atoms with Gasteiger partial charge in [-0.15, -0.1) is 0 Å². The number of thiocarbonyl (C=S) groups is 1. The Balaban J connectivity index is 1.88. The van der Waals surface area contributed by atoms with Gasteiger partial charge in [-0.05, 0) is 30.8 Å². The van der Waals surface area contributed by atoms with Gasteiger partial charge in [0.2, 0.25) is 0 Å². The molecule has 2 aromatic carbocycles. The zero-order valence-electron chi connectivity index (χ0n) is 12.3. The van der Waals surface area contributed by atoms with Gasteiger partial charge in [0.25, 0.3) is 0 Å². The lowest BCUT2D eigenvalue weighted by Crippen LogP contribution is -2.36. The summed E-state index contributed by atoms with van der Waals surface area (Å²) >= 11 is 5.35. The molecule has 1 atom stereocenters. The van der Waals surface area contributed by atoms with Gasteiger partial charge in [-0.25, -0.2) is 0 Å². The third-order valence-electron chi connectivity index (χ3n) is 3.28. The van der Waals surface area contributed by atoms with Crippen molar-refractivity contribution >= 4 is 17.3 Å². The Morgan fingerprint density at radius 1 is 1.10 bits per heavy atom. The monoisotopic (exact) mass is 300 g/mol. The molecule has 0 aliphatic carbocycles. The van der Waals surface area contributed by atoms with Gasteiger partial charge >= 0.3 is 0 Å². The van der Waals surface area contributed by atoms with Crippen LogP contribution in [0.3, 0.4) is 0 Å². The fraction of sp³-hybridized carbons (Fsp3) is 0.235. The molecule has 0 saturated heterocycles. The van der Waals surface area contributed by atoms with E-state index in [0.29, 0.717) is 11.7 Å². The first-order valence-electron chi connectivity index (χ1n) is 6.92. The Kier molecular flexibility index (Phi) is 5.58. The summed E-state index contributed by atoms with van der Waals surface area (Å²) in [6, 6.07) is 18.3. The Hall–Kier alpha value is -2.07. The molecule has 0 heterocycles. The molecule has 2 aromatic rings. The molecule has 0 spiro atoms. The van der Waals surface area contributed by atoms with E-state index in [1.165, 1.54) is 5.56 Å². The van der Waals surface area contributed by atoms with Crippen molar-refractivity contribution in [3.63, 3.8) is 0 Å². The van der Waals surface area contributed by atoms with Crippen molar-refractivity contribution in [2.24, 2.45) is 0 Å². The predicted molar refractivity (Wildman–Crippen MR) is 90.4 cm³/mol. The summed E-state index contributed by atoms with van der Waals surface area (Å²) in [7, 11) is 1.67. The van der Waals surface area contributed by atoms with Crippen LogP contribution in [0.1, 0.15) is 24.1 Å². The van der Waals surface area contributed by atoms with Gasteiger partial charge in [-0.3, -0.25) is 0 Å². The number of benzene rings is 2. The third-order valence-corrected chi connectivity index (χ3v) is 3.54. The van der Waals surface area contributed by atoms with Crippen LogP contribution in [-0.4, -0.2) is 12.2 Å². The van der Waals surface area contributed by atoms with E-state index in [9.17, 15) is 0 Å². The minimum atomic E-state index is 0.170. The predicted octanol–water partition coefficient (Wildman–Crippen LogP) is 3.42. The standard InChI is InChI=1S/C17H20N2OS/c1-13(14-8-4-3-5-9-14)19-17(21)18-12-15-10-6-7-11-16(15)20-2/h3-11,13H,12H2,1-2H3,(H2,18,19,21). The SMILES string of the molecule is COc1ccccc1CNC(=S)NC(C)c1ccccc1. The van der Waals surface area contributed by atoms with Gasteiger partial charge in [0, 0.05) is 12.1 Å². The molecule has 110 valence electrons. The summed E-state index contributed by atoms with van der Waals surface area (Å²) < 4.78 is 5.32. The van der Waals surface area contributed by atoms with E-state index in [-0.39, 0.29) is 6.04 Å². The number of methoxy groups -OCH3 is 1. The van der Waals surface area contributed by atoms with Crippen LogP contribution < -0.4 is 15.4 Å². The van der Waals surface area contributed by atoms with Crippen molar-refractivity contribution in [2.75, 3.05) is 7.11 Å². The molecule has 4 heteroatoms. The zero-order valence-corrected chi connectivity index (χ0v) is 13.1. The van der Waals surface area contributed by atoms with Gasteiger partial charge in [0.15, 0.2) is 5.11 Å². The normalized spacial score (nSPS) is 11.5. The number of ether oxygens (including phenoxy) is 1. The maximum atomic E-state index is 5.35. The van der Waals surface area contributed by atoms with Crippen molar-refractivity contribution < 1.29 is 4.74 Å². The summed E-state index contributed by atoms with van der Waals surface area (Å²) in [6.07, 6.45) is 0. The van der Waals surface area contributed by atoms with Gasteiger partial charge in [-0.1, -0.05) is 48.5 Å². The lowest BCUT2D eigenvalue weighted by molar-refractivity contribution is 0.409. The van der Waals surface area contributed by atoms with E-state index in [1.54, 1.807) is 7.11 Å². The van der Waals surface area contributed by atoms with Crippen LogP contribution in [0.2, 0.25) is 0 Å². The van der Waals surface area contributed by atoms with Crippen LogP contribution in [0.5, 0.6) is 5.75 Å². The van der Waals surface area contributed by atoms with Crippen molar-refractivity contribution in [3.8, 4) is 5.75 Å². The third kappa shape index (κ3) is 4.46. The summed E-state index contributed by atoms with van der Waals surface area (Å²) in [6.45, 7) is 2.73. The zero-order chi connectivity index (χ0) is 15.1. The second-order valence-corrected chi connectivity index (χ2v) is 5.18. The van der Waals surface area contributed by atoms with Crippen LogP contribution in [0, 0.1) is 0 Å². The first-order valence-corrected chi connectivity index (χ1v) is 7.32. The Morgan fingerprint density at radius 3 is 2.48 bits per heavy atom. The van der Waals surface area contributed by atoms with Crippen molar-refractivity contribution in [1.82, 2.24) is 10.6 Å². The molecule has 0 bridgehead atoms. The number of hydrogen-bond acceptors (Lipinski definition) is 2. The van der Waals surface area contributed by atoms with Crippen LogP contribution in [0.25, 0.3) is 0 Å². The maximum Gasteiger partial charge on any atom is 0.167 e. The molecular formula is C17H20N2OS. The van der Waals surface area contributed by atoms with E-state index >= 15 is 0 Å². The van der Waals surface area contributed by atoms with E-state index in [4.69, 9.17) is 17.0 Å². The minimum Gasteiger partial charge on any atom is -0.496 e. The summed E-state index contributed by atoms with van der Waals surface area (Å²) in [5.74, 6) is 0.865. The summed E-state index contributed by atoms with van der Waals surface area (Å²) in [5, 5.41) is 7.13. The fourth-order valence-electron chi connectivity index (χ4n) is 2.10. The number of rotatable bonds is 5. The van der Waals surface area contributed by atoms with Crippen molar-refractivity contribution in [1.29, 1.82) is 0 Å². The molecule has 0 aromatic heterocycles. The summed E-state index contributed by atoms with van der Waals surface area (Å²) in [4.78, 5) is 0. The lowest BCUT2D eigenvalue weighted by atomic mass is 10.1. The molecule has 3 nitrogen and oxygen atoms in total. The van der Waals surface area contributed by atoms with E-state index in [2.05, 4.69) is 29.7 Å². The van der Waals surface area contributed by atoms with Crippen LogP contribution in [-0.2, 0) is 6.54 Å². The van der Waals surface area contributed by atoms with E-state index in [1.807, 2.05) is 42.5 Å². The molecule has 0 radical (unpaired) electrons. The average molecular weight is 300 g/mol. The number of nitrogens with one attached hydrogen (secondary N) is 2. The van der Waals surface area contributed by atoms with Crippen molar-refractivity contribution in [2.45, 2.75) is 19.5 Å². The molecule has 0 aliphatic rings. The molecule has 2 N–H and O–H groups in total. The first-order chi connectivity index (χ1) is 10.2. The highest BCUT2D eigenvalue weighted by Crippen LogP contribution is 2.16. The molecule has 21 heavy (non-hydrogen) atoms. The molecular weight excluding hydrogens is 280 g/mol. The highest BCUT2D eigenvalue weighted by atomic mass is 32.1. The smallest absolute Gasteiger partial charge is 0.167 e. The van der Waals surface area contributed by atoms with Gasteiger partial charge in [0.1, 0.15) is 5.75 Å². The van der Waals surface area contributed by atoms with Crippen LogP contribution >= 0.6 is 12.2 Å². The molecule has 0 saturated carbocycles. The first kappa shape index (κ1) is 15.3. The molecule has 1 unspecified atom stereocenters. The molecule has 0 amide bonds. The van der Waals surface area contributed by atoms with Gasteiger partial charge in [0.05, 0.1) is 13.2 Å². The second kappa shape index (κ2) is 7.64. The Labute approximate surface area is 131 Å². The Bertz CT molecular complexity index is 586. The summed E-state index contributed by atoms with van der Waals surface area (Å²) in [5.41, 5.74) is 2.29. The maximum absolute atomic E-state index is 5.35. The molecule has 0 aliphatic heterocycles. The van der Waals surface area contributed by atoms with Gasteiger partial charge in [-0.2, -0.15) is 0 Å². The average Bonchev–Trinajstić information content (AvgIpc) is 2.54. The fourth-order valence-corrected chi connectivity index (χ4v) is 2.35. The van der Waals surface area contributed by atoms with Crippen molar-refractivity contribution in [3.05, 3.63) is 65.7 Å². The van der Waals surface area contributed by atoms with E-state index in [0.717, 1.165) is 11.3 Å². The van der Waals surface area contributed by atoms with Crippen LogP contribution in [0.4, 0.5) is 0 Å². The highest BCUT2D eigenvalue weighted by Gasteiger charge is 2.07. The second-order valence-electron chi connectivity index (χ2n) is 4.77. The molecule has 0 fully saturated rings. The topological polar surface area (TPSA) is 33.3 Å².